The molecule has 0 aliphatic carbocycles. The molecule has 11 atom stereocenters. The number of hydrogen-bond donors (Lipinski definition) is 5. The molecule has 2 heterocycles. The summed E-state index contributed by atoms with van der Waals surface area (Å²) in [7, 11) is 1.68. The number of aliphatic hydroxyl groups is 3. The number of aryl methyl sites for hydroxylation is 1. The maximum absolute atomic E-state index is 14.3. The molecule has 0 amide bonds. The number of ether oxygens (including phenoxy) is 4. The van der Waals surface area contributed by atoms with Gasteiger partial charge in [-0.1, -0.05) is 57.2 Å². The Morgan fingerprint density at radius 1 is 1.25 bits per heavy atom. The lowest BCUT2D eigenvalue weighted by molar-refractivity contribution is -0.157. The molecular weight excluding hydrogens is 689 g/mol. The third-order valence-electron chi connectivity index (χ3n) is 9.95. The highest BCUT2D eigenvalue weighted by Crippen LogP contribution is 2.39. The average molecular weight is 750 g/mol. The predicted molar refractivity (Wildman–Crippen MR) is 197 cm³/mol. The lowest BCUT2D eigenvalue weighted by atomic mass is 9.87. The molecule has 0 radical (unpaired) electrons. The van der Waals surface area contributed by atoms with E-state index in [1.165, 1.54) is 19.9 Å². The van der Waals surface area contributed by atoms with Gasteiger partial charge < -0.3 is 44.7 Å². The van der Waals surface area contributed by atoms with Crippen molar-refractivity contribution in [3.8, 4) is 0 Å². The zero-order valence-electron chi connectivity index (χ0n) is 32.5. The number of rotatable bonds is 13. The van der Waals surface area contributed by atoms with Crippen LogP contribution in [0.5, 0.6) is 0 Å². The molecule has 0 spiro atoms. The first kappa shape index (κ1) is 45.7. The van der Waals surface area contributed by atoms with Gasteiger partial charge >= 0.3 is 11.9 Å². The van der Waals surface area contributed by atoms with Crippen molar-refractivity contribution in [1.82, 2.24) is 5.32 Å². The Bertz CT molecular complexity index is 1440. The van der Waals surface area contributed by atoms with Crippen molar-refractivity contribution < 1.29 is 58.1 Å². The van der Waals surface area contributed by atoms with Crippen molar-refractivity contribution >= 4 is 18.4 Å². The van der Waals surface area contributed by atoms with E-state index in [0.717, 1.165) is 12.0 Å². The van der Waals surface area contributed by atoms with Gasteiger partial charge in [0.25, 0.3) is 6.47 Å². The Morgan fingerprint density at radius 2 is 1.91 bits per heavy atom. The van der Waals surface area contributed by atoms with E-state index in [1.807, 2.05) is 13.0 Å². The molecule has 0 aromatic heterocycles. The van der Waals surface area contributed by atoms with E-state index in [0.29, 0.717) is 17.7 Å². The number of epoxide rings is 1. The summed E-state index contributed by atoms with van der Waals surface area (Å²) in [6.45, 7) is 14.0. The summed E-state index contributed by atoms with van der Waals surface area (Å²) < 4.78 is 37.4. The zero-order valence-corrected chi connectivity index (χ0v) is 32.5. The third kappa shape index (κ3) is 14.0. The summed E-state index contributed by atoms with van der Waals surface area (Å²) in [5, 5.41) is 43.8. The quantitative estimate of drug-likeness (QED) is 0.0617. The van der Waals surface area contributed by atoms with E-state index >= 15 is 0 Å². The molecule has 2 aliphatic rings. The van der Waals surface area contributed by atoms with E-state index in [4.69, 9.17) is 28.8 Å². The molecule has 12 nitrogen and oxygen atoms in total. The molecule has 3 rings (SSSR count). The van der Waals surface area contributed by atoms with Gasteiger partial charge in [-0.3, -0.25) is 14.4 Å². The van der Waals surface area contributed by atoms with Crippen molar-refractivity contribution in [3.05, 3.63) is 71.1 Å². The molecule has 298 valence electrons. The van der Waals surface area contributed by atoms with Gasteiger partial charge in [0, 0.05) is 32.4 Å². The number of aliphatic hydroxyl groups excluding tert-OH is 1. The maximum atomic E-state index is 14.3. The molecule has 0 bridgehead atoms. The predicted octanol–water partition coefficient (Wildman–Crippen LogP) is 4.71. The second kappa shape index (κ2) is 20.8. The molecule has 2 aliphatic heterocycles. The van der Waals surface area contributed by atoms with Crippen molar-refractivity contribution in [1.29, 1.82) is 0 Å². The molecule has 1 saturated heterocycles. The summed E-state index contributed by atoms with van der Waals surface area (Å²) in [6.07, 6.45) is 5.88. The number of halogens is 1. The summed E-state index contributed by atoms with van der Waals surface area (Å²) in [5.41, 5.74) is -0.950. The molecular formula is C40H60FNO11. The van der Waals surface area contributed by atoms with Crippen molar-refractivity contribution in [3.63, 3.8) is 0 Å². The Labute approximate surface area is 313 Å². The van der Waals surface area contributed by atoms with Crippen LogP contribution in [-0.4, -0.2) is 99.8 Å². The summed E-state index contributed by atoms with van der Waals surface area (Å²) in [5.74, 6) is -1.78. The van der Waals surface area contributed by atoms with Crippen molar-refractivity contribution in [2.24, 2.45) is 11.8 Å². The van der Waals surface area contributed by atoms with Crippen LogP contribution < -0.4 is 5.32 Å². The minimum atomic E-state index is -1.47. The Hall–Kier alpha value is -3.46. The summed E-state index contributed by atoms with van der Waals surface area (Å²) >= 11 is 0. The topological polar surface area (TPSA) is 184 Å². The number of allylic oxidation sites excluding steroid dienone is 2. The number of carbonyl (C=O) groups is 3. The van der Waals surface area contributed by atoms with Crippen molar-refractivity contribution in [2.75, 3.05) is 7.11 Å². The van der Waals surface area contributed by atoms with Gasteiger partial charge in [-0.2, -0.15) is 0 Å². The van der Waals surface area contributed by atoms with Gasteiger partial charge in [0.2, 0.25) is 0 Å². The zero-order chi connectivity index (χ0) is 40.1. The Balaban J connectivity index is 0.00000313. The van der Waals surface area contributed by atoms with Crippen LogP contribution in [0.3, 0.4) is 0 Å². The number of carbonyl (C=O) groups excluding carboxylic acids is 2. The van der Waals surface area contributed by atoms with E-state index in [9.17, 15) is 29.3 Å². The van der Waals surface area contributed by atoms with Gasteiger partial charge in [0.05, 0.1) is 36.4 Å². The first-order valence-corrected chi connectivity index (χ1v) is 18.1. The van der Waals surface area contributed by atoms with Gasteiger partial charge in [0.15, 0.2) is 0 Å². The monoisotopic (exact) mass is 749 g/mol. The summed E-state index contributed by atoms with van der Waals surface area (Å²) in [4.78, 5) is 33.1. The van der Waals surface area contributed by atoms with Crippen LogP contribution in [0.1, 0.15) is 85.3 Å². The number of methoxy groups -OCH3 is 1. The lowest BCUT2D eigenvalue weighted by Crippen LogP contribution is -2.52. The van der Waals surface area contributed by atoms with Crippen LogP contribution in [0.4, 0.5) is 4.39 Å². The molecule has 13 heteroatoms. The lowest BCUT2D eigenvalue weighted by Gasteiger charge is -2.32. The molecule has 1 aromatic carbocycles. The van der Waals surface area contributed by atoms with E-state index in [1.54, 1.807) is 64.3 Å². The van der Waals surface area contributed by atoms with Crippen LogP contribution in [0.25, 0.3) is 0 Å². The highest BCUT2D eigenvalue weighted by atomic mass is 19.1. The van der Waals surface area contributed by atoms with E-state index < -0.39 is 53.4 Å². The summed E-state index contributed by atoms with van der Waals surface area (Å²) in [6, 6.07) is 4.49. The number of cyclic esters (lactones) is 1. The Morgan fingerprint density at radius 3 is 2.49 bits per heavy atom. The second-order valence-corrected chi connectivity index (χ2v) is 14.6. The third-order valence-corrected chi connectivity index (χ3v) is 9.95. The fraction of sp³-hybridized carbons (Fsp3) is 0.625. The Kier molecular flexibility index (Phi) is 18.0. The second-order valence-electron chi connectivity index (χ2n) is 14.6. The van der Waals surface area contributed by atoms with E-state index in [-0.39, 0.29) is 55.8 Å². The minimum Gasteiger partial charge on any atom is -0.483 e. The standard InChI is InChI=1S/C39H58FNO9.CH2O2/c1-10-31(47-9)26(5)35-36(50-35)37(41-22-28-15-13-23(2)30(40)20-28)39(8,46)18-11-12-24(3)34-25(4)14-16-32(48-27(6)42)38(7,45)19-17-29(43)21-33(44)49-34;2-1-3/h11-16,18,20,25-26,29,31-32,34-37,41,43,45-46H,10,17,19,21-22H2,1-9H3;1H,(H,2,3)/b16-14+,18-11+,24-12+;/t25-,26+,29+,31-,32-,34-,35+,36-,37?,38+,39?;/m0./s1. The normalized spacial score (nSPS) is 30.2. The van der Waals surface area contributed by atoms with Crippen LogP contribution in [0.15, 0.2) is 54.2 Å². The fourth-order valence-corrected chi connectivity index (χ4v) is 6.64. The maximum Gasteiger partial charge on any atom is 0.309 e. The SMILES string of the molecule is CC[C@H](OC)[C@@H](C)[C@H]1O[C@@H]1C(NCc1ccc(C)c(F)c1)C(C)(O)/C=C/C=C(\C)[C@@H]1OC(=O)C[C@H](O)CC[C@@](C)(O)[C@@H](OC(C)=O)/C=C/[C@@H]1C.O=CO. The molecule has 5 N–H and O–H groups in total. The molecule has 2 unspecified atom stereocenters. The molecule has 1 aromatic rings. The first-order valence-electron chi connectivity index (χ1n) is 18.1. The smallest absolute Gasteiger partial charge is 0.309 e. The highest BCUT2D eigenvalue weighted by molar-refractivity contribution is 5.70. The molecule has 1 fully saturated rings. The molecule has 53 heavy (non-hydrogen) atoms. The van der Waals surface area contributed by atoms with Gasteiger partial charge in [-0.05, 0) is 75.8 Å². The van der Waals surface area contributed by atoms with Crippen LogP contribution >= 0.6 is 0 Å². The molecule has 0 saturated carbocycles. The van der Waals surface area contributed by atoms with Crippen LogP contribution in [0, 0.1) is 24.6 Å². The first-order chi connectivity index (χ1) is 24.8. The van der Waals surface area contributed by atoms with Crippen molar-refractivity contribution in [2.45, 2.75) is 141 Å². The van der Waals surface area contributed by atoms with Gasteiger partial charge in [-0.25, -0.2) is 4.39 Å². The van der Waals surface area contributed by atoms with E-state index in [2.05, 4.69) is 19.2 Å². The number of carboxylic acid groups (broad SMARTS) is 1. The average Bonchev–Trinajstić information content (AvgIpc) is 3.86. The number of hydrogen-bond acceptors (Lipinski definition) is 11. The number of esters is 2. The number of nitrogens with one attached hydrogen (secondary N) is 1. The minimum absolute atomic E-state index is 0.0100. The fourth-order valence-electron chi connectivity index (χ4n) is 6.64. The van der Waals surface area contributed by atoms with Crippen LogP contribution in [0.2, 0.25) is 0 Å². The largest absolute Gasteiger partial charge is 0.483 e. The number of benzene rings is 1. The van der Waals surface area contributed by atoms with Crippen LogP contribution in [-0.2, 0) is 39.9 Å². The van der Waals surface area contributed by atoms with Gasteiger partial charge in [-0.15, -0.1) is 0 Å². The van der Waals surface area contributed by atoms with Gasteiger partial charge in [0.1, 0.15) is 29.7 Å². The highest BCUT2D eigenvalue weighted by Gasteiger charge is 2.54.